The fourth-order valence-corrected chi connectivity index (χ4v) is 3.56. The average Bonchev–Trinajstić information content (AvgIpc) is 3.23. The Morgan fingerprint density at radius 3 is 2.69 bits per heavy atom. The molecule has 1 heterocycles. The van der Waals surface area contributed by atoms with Gasteiger partial charge in [0.25, 0.3) is 11.1 Å². The third-order valence-corrected chi connectivity index (χ3v) is 5.33. The van der Waals surface area contributed by atoms with E-state index in [1.807, 2.05) is 31.2 Å². The molecule has 4 aromatic rings. The van der Waals surface area contributed by atoms with Gasteiger partial charge >= 0.3 is 0 Å². The van der Waals surface area contributed by atoms with Gasteiger partial charge in [0.1, 0.15) is 17.3 Å². The number of nitrogens with zero attached hydrogens (tertiary/aromatic N) is 2. The van der Waals surface area contributed by atoms with Gasteiger partial charge in [0, 0.05) is 29.2 Å². The van der Waals surface area contributed by atoms with Gasteiger partial charge in [-0.2, -0.15) is 9.36 Å². The summed E-state index contributed by atoms with van der Waals surface area (Å²) in [5.74, 6) is 1.25. The quantitative estimate of drug-likeness (QED) is 0.396. The minimum atomic E-state index is -0.364. The first-order valence-corrected chi connectivity index (χ1v) is 10.6. The van der Waals surface area contributed by atoms with Crippen molar-refractivity contribution >= 4 is 23.1 Å². The normalized spacial score (nSPS) is 10.6. The lowest BCUT2D eigenvalue weighted by molar-refractivity contribution is 0.102. The number of aromatic nitrogens is 2. The molecule has 1 N–H and O–H groups in total. The van der Waals surface area contributed by atoms with E-state index in [-0.39, 0.29) is 11.7 Å². The summed E-state index contributed by atoms with van der Waals surface area (Å²) in [5, 5.41) is 3.13. The van der Waals surface area contributed by atoms with Crippen molar-refractivity contribution in [3.8, 4) is 16.7 Å². The van der Waals surface area contributed by atoms with Crippen LogP contribution in [0.25, 0.3) is 0 Å². The fourth-order valence-electron chi connectivity index (χ4n) is 3.00. The number of ether oxygens (including phenoxy) is 2. The van der Waals surface area contributed by atoms with Crippen LogP contribution in [0.4, 0.5) is 10.1 Å². The van der Waals surface area contributed by atoms with E-state index in [9.17, 15) is 9.18 Å². The lowest BCUT2D eigenvalue weighted by Crippen LogP contribution is -2.12. The molecule has 8 heteroatoms. The number of nitrogens with one attached hydrogen (secondary N) is 1. The molecule has 0 unspecified atom stereocenters. The predicted molar refractivity (Wildman–Crippen MR) is 121 cm³/mol. The molecule has 1 amide bonds. The lowest BCUT2D eigenvalue weighted by atomic mass is 10.1. The van der Waals surface area contributed by atoms with Crippen molar-refractivity contribution in [2.75, 3.05) is 12.4 Å². The Kier molecular flexibility index (Phi) is 6.42. The van der Waals surface area contributed by atoms with Gasteiger partial charge in [0.05, 0.1) is 7.11 Å². The van der Waals surface area contributed by atoms with Gasteiger partial charge in [-0.25, -0.2) is 4.39 Å². The number of amides is 1. The number of hydrogen-bond acceptors (Lipinski definition) is 6. The minimum Gasteiger partial charge on any atom is -0.497 e. The Labute approximate surface area is 188 Å². The van der Waals surface area contributed by atoms with E-state index in [0.29, 0.717) is 34.4 Å². The Morgan fingerprint density at radius 1 is 1.09 bits per heavy atom. The molecule has 3 aromatic carbocycles. The van der Waals surface area contributed by atoms with E-state index in [2.05, 4.69) is 14.7 Å². The maximum atomic E-state index is 13.1. The van der Waals surface area contributed by atoms with Crippen LogP contribution < -0.4 is 14.8 Å². The zero-order chi connectivity index (χ0) is 22.5. The van der Waals surface area contributed by atoms with Gasteiger partial charge in [-0.3, -0.25) is 4.79 Å². The maximum absolute atomic E-state index is 13.1. The van der Waals surface area contributed by atoms with Crippen LogP contribution in [0.2, 0.25) is 0 Å². The van der Waals surface area contributed by atoms with E-state index in [4.69, 9.17) is 9.47 Å². The van der Waals surface area contributed by atoms with Crippen LogP contribution in [-0.2, 0) is 6.42 Å². The topological polar surface area (TPSA) is 73.3 Å². The molecule has 0 spiro atoms. The Morgan fingerprint density at radius 2 is 1.91 bits per heavy atom. The van der Waals surface area contributed by atoms with Gasteiger partial charge < -0.3 is 14.8 Å². The van der Waals surface area contributed by atoms with Crippen LogP contribution in [0.5, 0.6) is 16.7 Å². The molecule has 0 bridgehead atoms. The standard InChI is InChI=1S/C24H20FN3O3S/c1-15-6-7-17(23(29)26-19-10-8-18(25)9-11-19)14-21(15)31-24-27-22(28-32-24)13-16-4-3-5-20(12-16)30-2/h3-12,14H,13H2,1-2H3,(H,26,29). The number of rotatable bonds is 7. The molecule has 32 heavy (non-hydrogen) atoms. The first-order valence-electron chi connectivity index (χ1n) is 9.81. The summed E-state index contributed by atoms with van der Waals surface area (Å²) in [6.07, 6.45) is 0.552. The van der Waals surface area contributed by atoms with Crippen LogP contribution in [0.3, 0.4) is 0 Å². The summed E-state index contributed by atoms with van der Waals surface area (Å²) in [4.78, 5) is 17.0. The van der Waals surface area contributed by atoms with Crippen molar-refractivity contribution in [1.82, 2.24) is 9.36 Å². The molecule has 162 valence electrons. The number of hydrogen-bond donors (Lipinski definition) is 1. The van der Waals surface area contributed by atoms with E-state index in [1.54, 1.807) is 25.3 Å². The fraction of sp³-hybridized carbons (Fsp3) is 0.125. The first-order chi connectivity index (χ1) is 15.5. The molecular formula is C24H20FN3O3S. The zero-order valence-electron chi connectivity index (χ0n) is 17.5. The minimum absolute atomic E-state index is 0.322. The second-order valence-electron chi connectivity index (χ2n) is 7.05. The van der Waals surface area contributed by atoms with E-state index >= 15 is 0 Å². The van der Waals surface area contributed by atoms with Gasteiger partial charge in [-0.05, 0) is 66.6 Å². The lowest BCUT2D eigenvalue weighted by Gasteiger charge is -2.09. The summed E-state index contributed by atoms with van der Waals surface area (Å²) < 4.78 is 28.6. The molecule has 0 saturated heterocycles. The number of aryl methyl sites for hydroxylation is 1. The molecule has 4 rings (SSSR count). The van der Waals surface area contributed by atoms with Crippen molar-refractivity contribution in [3.63, 3.8) is 0 Å². The van der Waals surface area contributed by atoms with Gasteiger partial charge in [0.2, 0.25) is 0 Å². The van der Waals surface area contributed by atoms with Crippen molar-refractivity contribution < 1.29 is 18.7 Å². The van der Waals surface area contributed by atoms with E-state index < -0.39 is 0 Å². The van der Waals surface area contributed by atoms with Crippen molar-refractivity contribution in [1.29, 1.82) is 0 Å². The maximum Gasteiger partial charge on any atom is 0.298 e. The number of benzene rings is 3. The highest BCUT2D eigenvalue weighted by molar-refractivity contribution is 7.07. The average molecular weight is 450 g/mol. The molecule has 0 saturated carbocycles. The summed E-state index contributed by atoms with van der Waals surface area (Å²) in [6, 6.07) is 18.5. The SMILES string of the molecule is COc1cccc(Cc2nsc(Oc3cc(C(=O)Nc4ccc(F)cc4)ccc3C)n2)c1. The van der Waals surface area contributed by atoms with E-state index in [0.717, 1.165) is 28.4 Å². The third-order valence-electron chi connectivity index (χ3n) is 4.70. The highest BCUT2D eigenvalue weighted by Crippen LogP contribution is 2.28. The second-order valence-corrected chi connectivity index (χ2v) is 7.76. The smallest absolute Gasteiger partial charge is 0.298 e. The molecule has 0 aliphatic heterocycles. The van der Waals surface area contributed by atoms with Crippen LogP contribution in [0.1, 0.15) is 27.3 Å². The Hall–Kier alpha value is -3.78. The Bertz CT molecular complexity index is 1240. The number of carbonyl (C=O) groups excluding carboxylic acids is 1. The van der Waals surface area contributed by atoms with Crippen molar-refractivity contribution in [2.24, 2.45) is 0 Å². The molecule has 6 nitrogen and oxygen atoms in total. The molecule has 0 radical (unpaired) electrons. The first kappa shape index (κ1) is 21.5. The largest absolute Gasteiger partial charge is 0.497 e. The molecule has 1 aromatic heterocycles. The number of anilines is 1. The van der Waals surface area contributed by atoms with Crippen LogP contribution >= 0.6 is 11.5 Å². The second kappa shape index (κ2) is 9.57. The summed E-state index contributed by atoms with van der Waals surface area (Å²) in [7, 11) is 1.63. The molecule has 0 atom stereocenters. The third kappa shape index (κ3) is 5.28. The molecule has 0 aliphatic rings. The van der Waals surface area contributed by atoms with Crippen LogP contribution in [-0.4, -0.2) is 22.4 Å². The Balaban J connectivity index is 1.46. The number of carbonyl (C=O) groups is 1. The molecule has 0 aliphatic carbocycles. The summed E-state index contributed by atoms with van der Waals surface area (Å²) in [5.41, 5.74) is 2.80. The highest BCUT2D eigenvalue weighted by Gasteiger charge is 2.13. The van der Waals surface area contributed by atoms with Gasteiger partial charge in [-0.1, -0.05) is 18.2 Å². The monoisotopic (exact) mass is 449 g/mol. The summed E-state index contributed by atoms with van der Waals surface area (Å²) >= 11 is 1.15. The van der Waals surface area contributed by atoms with E-state index in [1.165, 1.54) is 24.3 Å². The van der Waals surface area contributed by atoms with Crippen molar-refractivity contribution in [3.05, 3.63) is 95.1 Å². The number of halogens is 1. The zero-order valence-corrected chi connectivity index (χ0v) is 18.3. The van der Waals surface area contributed by atoms with Crippen molar-refractivity contribution in [2.45, 2.75) is 13.3 Å². The number of methoxy groups -OCH3 is 1. The van der Waals surface area contributed by atoms with Crippen LogP contribution in [0, 0.1) is 12.7 Å². The summed E-state index contributed by atoms with van der Waals surface area (Å²) in [6.45, 7) is 1.88. The van der Waals surface area contributed by atoms with Gasteiger partial charge in [-0.15, -0.1) is 0 Å². The van der Waals surface area contributed by atoms with Gasteiger partial charge in [0.15, 0.2) is 5.82 Å². The predicted octanol–water partition coefficient (Wildman–Crippen LogP) is 5.63. The van der Waals surface area contributed by atoms with Crippen LogP contribution in [0.15, 0.2) is 66.7 Å². The molecular weight excluding hydrogens is 429 g/mol. The molecule has 0 fully saturated rings. The highest BCUT2D eigenvalue weighted by atomic mass is 32.1.